The molecule has 240 valence electrons. The number of benzene rings is 1. The molecule has 1 N–H and O–H groups in total. The average Bonchev–Trinajstić information content (AvgIpc) is 3.22. The molecule has 5 saturated carbocycles. The lowest BCUT2D eigenvalue weighted by Crippen LogP contribution is -2.68. The van der Waals surface area contributed by atoms with Crippen LogP contribution in [-0.2, 0) is 14.3 Å². The standard InChI is InChI=1S/C38H52O6/c1-33(2)18-20-38-21-19-36(6)24(28(38)29(33)44-32(38)42)12-13-26-35(5)16-15-27(34(3,4)25(35)14-17-37(26,36)7)43-31(41)23-11-9-8-10-22(23)30(39)40/h8-11,24-29H,12-21H2,1-7H3,(H,39,40)/t24-,25+,26+,27-,28-,29+,35-,36+,37+,38-/m0/s1. The van der Waals surface area contributed by atoms with Crippen LogP contribution in [0.4, 0.5) is 0 Å². The number of carboxylic acid groups (broad SMARTS) is 1. The van der Waals surface area contributed by atoms with Gasteiger partial charge in [0.1, 0.15) is 12.2 Å². The van der Waals surface area contributed by atoms with Gasteiger partial charge in [0.2, 0.25) is 0 Å². The molecular formula is C38H52O6. The highest BCUT2D eigenvalue weighted by Crippen LogP contribution is 2.78. The third kappa shape index (κ3) is 3.69. The van der Waals surface area contributed by atoms with Gasteiger partial charge in [0.15, 0.2) is 0 Å². The second-order valence-electron chi connectivity index (χ2n) is 17.8. The number of carbonyl (C=O) groups is 3. The van der Waals surface area contributed by atoms with Gasteiger partial charge in [-0.05, 0) is 110 Å². The molecule has 0 radical (unpaired) electrons. The van der Waals surface area contributed by atoms with Gasteiger partial charge in [0.05, 0.1) is 16.5 Å². The monoisotopic (exact) mass is 604 g/mol. The molecule has 0 unspecified atom stereocenters. The summed E-state index contributed by atoms with van der Waals surface area (Å²) in [7, 11) is 0. The molecule has 6 nitrogen and oxygen atoms in total. The van der Waals surface area contributed by atoms with Crippen LogP contribution in [0.3, 0.4) is 0 Å². The lowest BCUT2D eigenvalue weighted by atomic mass is 9.31. The zero-order valence-corrected chi connectivity index (χ0v) is 27.8. The Hall–Kier alpha value is -2.37. The van der Waals surface area contributed by atoms with E-state index in [9.17, 15) is 19.5 Å². The van der Waals surface area contributed by atoms with Crippen molar-refractivity contribution in [1.29, 1.82) is 0 Å². The molecule has 1 aliphatic heterocycles. The first-order valence-corrected chi connectivity index (χ1v) is 17.3. The molecule has 1 heterocycles. The number of esters is 2. The zero-order chi connectivity index (χ0) is 31.7. The second kappa shape index (κ2) is 9.35. The molecule has 1 aromatic rings. The zero-order valence-electron chi connectivity index (χ0n) is 27.8. The van der Waals surface area contributed by atoms with Crippen molar-refractivity contribution in [2.75, 3.05) is 0 Å². The Labute approximate surface area is 263 Å². The minimum Gasteiger partial charge on any atom is -0.478 e. The Bertz CT molecular complexity index is 1410. The van der Waals surface area contributed by atoms with Gasteiger partial charge in [-0.25, -0.2) is 9.59 Å². The SMILES string of the molecule is CC1(C)CC[C@]23CC[C@]4(C)[C@@H](CC[C@@H]5[C@@]6(C)CC[C@H](OC(=O)c7ccccc7C(=O)O)C(C)(C)[C@H]6CC[C@]54C)[C@H]2[C@H]1OC3=O. The summed E-state index contributed by atoms with van der Waals surface area (Å²) in [5.74, 6) is 0.269. The Morgan fingerprint density at radius 2 is 1.48 bits per heavy atom. The molecule has 44 heavy (non-hydrogen) atoms. The van der Waals surface area contributed by atoms with E-state index in [-0.39, 0.29) is 61.8 Å². The van der Waals surface area contributed by atoms with Crippen LogP contribution in [0.25, 0.3) is 0 Å². The van der Waals surface area contributed by atoms with Gasteiger partial charge >= 0.3 is 17.9 Å². The van der Waals surface area contributed by atoms with Crippen LogP contribution in [0, 0.1) is 56.2 Å². The van der Waals surface area contributed by atoms with Crippen LogP contribution in [0.5, 0.6) is 0 Å². The molecule has 0 aromatic heterocycles. The Morgan fingerprint density at radius 1 is 0.795 bits per heavy atom. The van der Waals surface area contributed by atoms with Gasteiger partial charge in [-0.1, -0.05) is 60.6 Å². The fourth-order valence-corrected chi connectivity index (χ4v) is 13.1. The summed E-state index contributed by atoms with van der Waals surface area (Å²) in [6, 6.07) is 6.36. The van der Waals surface area contributed by atoms with E-state index in [1.165, 1.54) is 18.9 Å². The predicted octanol–water partition coefficient (Wildman–Crippen LogP) is 8.33. The lowest BCUT2D eigenvalue weighted by Gasteiger charge is -2.73. The van der Waals surface area contributed by atoms with Crippen LogP contribution in [0.2, 0.25) is 0 Å². The first-order chi connectivity index (χ1) is 20.5. The number of hydrogen-bond donors (Lipinski definition) is 1. The molecule has 6 fully saturated rings. The van der Waals surface area contributed by atoms with Crippen molar-refractivity contribution in [3.8, 4) is 0 Å². The largest absolute Gasteiger partial charge is 0.478 e. The molecule has 10 atom stereocenters. The van der Waals surface area contributed by atoms with Crippen molar-refractivity contribution in [2.45, 2.75) is 125 Å². The molecule has 6 heteroatoms. The van der Waals surface area contributed by atoms with Crippen LogP contribution in [0.15, 0.2) is 24.3 Å². The van der Waals surface area contributed by atoms with Gasteiger partial charge < -0.3 is 14.6 Å². The Morgan fingerprint density at radius 3 is 2.18 bits per heavy atom. The molecule has 7 rings (SSSR count). The summed E-state index contributed by atoms with van der Waals surface area (Å²) in [5.41, 5.74) is 0.109. The number of rotatable bonds is 3. The molecule has 0 spiro atoms. The number of hydrogen-bond acceptors (Lipinski definition) is 5. The molecule has 0 amide bonds. The highest BCUT2D eigenvalue weighted by atomic mass is 16.6. The number of carbonyl (C=O) groups excluding carboxylic acids is 2. The fraction of sp³-hybridized carbons (Fsp3) is 0.763. The topological polar surface area (TPSA) is 89.9 Å². The van der Waals surface area contributed by atoms with Crippen molar-refractivity contribution in [2.24, 2.45) is 56.2 Å². The summed E-state index contributed by atoms with van der Waals surface area (Å²) in [6.45, 7) is 16.9. The normalized spacial score (nSPS) is 46.4. The van der Waals surface area contributed by atoms with Crippen molar-refractivity contribution in [1.82, 2.24) is 0 Å². The van der Waals surface area contributed by atoms with Crippen molar-refractivity contribution >= 4 is 17.9 Å². The smallest absolute Gasteiger partial charge is 0.339 e. The summed E-state index contributed by atoms with van der Waals surface area (Å²) in [4.78, 5) is 38.7. The number of carboxylic acids is 1. The van der Waals surface area contributed by atoms with Crippen LogP contribution in [0.1, 0.15) is 133 Å². The Balaban J connectivity index is 1.17. The molecular weight excluding hydrogens is 552 g/mol. The van der Waals surface area contributed by atoms with E-state index in [2.05, 4.69) is 48.5 Å². The van der Waals surface area contributed by atoms with Crippen LogP contribution < -0.4 is 0 Å². The van der Waals surface area contributed by atoms with E-state index in [0.717, 1.165) is 51.4 Å². The average molecular weight is 605 g/mol. The summed E-state index contributed by atoms with van der Waals surface area (Å²) < 4.78 is 12.5. The maximum Gasteiger partial charge on any atom is 0.339 e. The fourth-order valence-electron chi connectivity index (χ4n) is 13.1. The van der Waals surface area contributed by atoms with E-state index in [4.69, 9.17) is 9.47 Å². The van der Waals surface area contributed by atoms with E-state index in [1.54, 1.807) is 18.2 Å². The first kappa shape index (κ1) is 30.3. The summed E-state index contributed by atoms with van der Waals surface area (Å²) >= 11 is 0. The quantitative estimate of drug-likeness (QED) is 0.349. The highest BCUT2D eigenvalue weighted by Gasteiger charge is 2.75. The molecule has 2 bridgehead atoms. The van der Waals surface area contributed by atoms with Crippen LogP contribution in [-0.4, -0.2) is 35.2 Å². The lowest BCUT2D eigenvalue weighted by molar-refractivity contribution is -0.252. The number of ether oxygens (including phenoxy) is 2. The van der Waals surface area contributed by atoms with E-state index >= 15 is 0 Å². The first-order valence-electron chi connectivity index (χ1n) is 17.3. The molecule has 6 aliphatic rings. The molecule has 1 aromatic carbocycles. The van der Waals surface area contributed by atoms with Gasteiger partial charge in [-0.15, -0.1) is 0 Å². The number of aromatic carboxylic acids is 1. The second-order valence-corrected chi connectivity index (χ2v) is 17.8. The third-order valence-electron chi connectivity index (χ3n) is 15.6. The van der Waals surface area contributed by atoms with E-state index in [0.29, 0.717) is 23.7 Å². The predicted molar refractivity (Wildman–Crippen MR) is 167 cm³/mol. The molecule has 1 saturated heterocycles. The maximum atomic E-state index is 13.5. The minimum atomic E-state index is -1.11. The maximum absolute atomic E-state index is 13.5. The van der Waals surface area contributed by atoms with Crippen molar-refractivity contribution in [3.63, 3.8) is 0 Å². The summed E-state index contributed by atoms with van der Waals surface area (Å²) in [6.07, 6.45) is 10.3. The van der Waals surface area contributed by atoms with Gasteiger partial charge in [-0.2, -0.15) is 0 Å². The minimum absolute atomic E-state index is 0.00876. The van der Waals surface area contributed by atoms with Crippen molar-refractivity contribution in [3.05, 3.63) is 35.4 Å². The van der Waals surface area contributed by atoms with Gasteiger partial charge in [0.25, 0.3) is 0 Å². The molecule has 5 aliphatic carbocycles. The van der Waals surface area contributed by atoms with Gasteiger partial charge in [0, 0.05) is 16.7 Å². The third-order valence-corrected chi connectivity index (χ3v) is 15.6. The highest BCUT2D eigenvalue weighted by molar-refractivity contribution is 6.02. The van der Waals surface area contributed by atoms with E-state index < -0.39 is 11.9 Å². The van der Waals surface area contributed by atoms with Crippen LogP contribution >= 0.6 is 0 Å². The number of fused-ring (bicyclic) bond motifs is 5. The van der Waals surface area contributed by atoms with E-state index in [1.807, 2.05) is 0 Å². The summed E-state index contributed by atoms with van der Waals surface area (Å²) in [5, 5.41) is 9.65. The van der Waals surface area contributed by atoms with Crippen molar-refractivity contribution < 1.29 is 29.0 Å². The Kier molecular flexibility index (Phi) is 6.43. The van der Waals surface area contributed by atoms with Gasteiger partial charge in [-0.3, -0.25) is 4.79 Å².